The van der Waals surface area contributed by atoms with Gasteiger partial charge in [-0.25, -0.2) is 0 Å². The van der Waals surface area contributed by atoms with Crippen molar-refractivity contribution in [2.75, 3.05) is 13.1 Å². The molecule has 0 bridgehead atoms. The van der Waals surface area contributed by atoms with E-state index in [9.17, 15) is 4.79 Å². The van der Waals surface area contributed by atoms with E-state index >= 15 is 0 Å². The molecule has 1 aliphatic rings. The second kappa shape index (κ2) is 4.02. The summed E-state index contributed by atoms with van der Waals surface area (Å²) in [6, 6.07) is 1.91. The summed E-state index contributed by atoms with van der Waals surface area (Å²) in [4.78, 5) is 13.8. The maximum Gasteiger partial charge on any atom is 0.271 e. The van der Waals surface area contributed by atoms with Crippen molar-refractivity contribution in [2.24, 2.45) is 11.7 Å². The summed E-state index contributed by atoms with van der Waals surface area (Å²) < 4.78 is 0. The highest BCUT2D eigenvalue weighted by atomic mass is 16.2. The van der Waals surface area contributed by atoms with Crippen LogP contribution in [0.4, 0.5) is 0 Å². The lowest BCUT2D eigenvalue weighted by Crippen LogP contribution is -2.48. The number of nitrogens with two attached hydrogens (primary N) is 1. The molecule has 1 amide bonds. The van der Waals surface area contributed by atoms with Crippen LogP contribution in [0.5, 0.6) is 0 Å². The lowest BCUT2D eigenvalue weighted by atomic mass is 9.94. The molecule has 1 aromatic heterocycles. The van der Waals surface area contributed by atoms with E-state index in [1.165, 1.54) is 0 Å². The average Bonchev–Trinajstić information content (AvgIpc) is 2.74. The zero-order chi connectivity index (χ0) is 10.8. The highest BCUT2D eigenvalue weighted by Gasteiger charge is 2.27. The molecule has 5 heteroatoms. The molecule has 2 heterocycles. The fraction of sp³-hybridized carbons (Fsp3) is 0.600. The fourth-order valence-electron chi connectivity index (χ4n) is 1.89. The Bertz CT molecular complexity index is 335. The normalized spacial score (nSPS) is 26.7. The van der Waals surface area contributed by atoms with E-state index in [0.717, 1.165) is 19.5 Å². The van der Waals surface area contributed by atoms with E-state index in [-0.39, 0.29) is 11.9 Å². The number of aromatic nitrogens is 2. The average molecular weight is 208 g/mol. The van der Waals surface area contributed by atoms with Crippen LogP contribution in [0.2, 0.25) is 0 Å². The number of H-pyrrole nitrogens is 1. The number of nitrogens with one attached hydrogen (secondary N) is 1. The molecule has 2 unspecified atom stereocenters. The molecule has 5 nitrogen and oxygen atoms in total. The van der Waals surface area contributed by atoms with Crippen LogP contribution in [0, 0.1) is 5.92 Å². The molecule has 15 heavy (non-hydrogen) atoms. The Labute approximate surface area is 88.6 Å². The number of carbonyl (C=O) groups excluding carboxylic acids is 1. The smallest absolute Gasteiger partial charge is 0.271 e. The van der Waals surface area contributed by atoms with Crippen molar-refractivity contribution in [3.05, 3.63) is 18.0 Å². The SMILES string of the molecule is CC1CN(C(=O)c2ccn[nH]2)CCC1N. The first-order chi connectivity index (χ1) is 7.18. The van der Waals surface area contributed by atoms with Gasteiger partial charge in [-0.1, -0.05) is 6.92 Å². The van der Waals surface area contributed by atoms with Gasteiger partial charge < -0.3 is 10.6 Å². The molecule has 0 saturated carbocycles. The predicted molar refractivity (Wildman–Crippen MR) is 56.2 cm³/mol. The number of nitrogens with zero attached hydrogens (tertiary/aromatic N) is 2. The third-order valence-electron chi connectivity index (χ3n) is 2.99. The molecule has 1 aliphatic heterocycles. The summed E-state index contributed by atoms with van der Waals surface area (Å²) >= 11 is 0. The summed E-state index contributed by atoms with van der Waals surface area (Å²) in [5.41, 5.74) is 6.45. The van der Waals surface area contributed by atoms with E-state index in [2.05, 4.69) is 17.1 Å². The molecule has 0 aromatic carbocycles. The Morgan fingerprint density at radius 1 is 1.73 bits per heavy atom. The zero-order valence-corrected chi connectivity index (χ0v) is 8.81. The topological polar surface area (TPSA) is 75.0 Å². The minimum Gasteiger partial charge on any atom is -0.337 e. The molecule has 1 saturated heterocycles. The highest BCUT2D eigenvalue weighted by molar-refractivity contribution is 5.92. The molecule has 0 aliphatic carbocycles. The zero-order valence-electron chi connectivity index (χ0n) is 8.81. The van der Waals surface area contributed by atoms with Gasteiger partial charge in [0.1, 0.15) is 5.69 Å². The van der Waals surface area contributed by atoms with Crippen LogP contribution in [0.25, 0.3) is 0 Å². The largest absolute Gasteiger partial charge is 0.337 e. The first-order valence-corrected chi connectivity index (χ1v) is 5.22. The van der Waals surface area contributed by atoms with Crippen LogP contribution in [-0.2, 0) is 0 Å². The Kier molecular flexibility index (Phi) is 2.73. The van der Waals surface area contributed by atoms with Crippen LogP contribution in [0.3, 0.4) is 0 Å². The number of hydrogen-bond donors (Lipinski definition) is 2. The van der Waals surface area contributed by atoms with E-state index < -0.39 is 0 Å². The van der Waals surface area contributed by atoms with Gasteiger partial charge in [0.2, 0.25) is 0 Å². The minimum absolute atomic E-state index is 0.0197. The molecule has 1 fully saturated rings. The monoisotopic (exact) mass is 208 g/mol. The fourth-order valence-corrected chi connectivity index (χ4v) is 1.89. The van der Waals surface area contributed by atoms with Crippen LogP contribution in [0.1, 0.15) is 23.8 Å². The Hall–Kier alpha value is -1.36. The van der Waals surface area contributed by atoms with Gasteiger partial charge in [-0.3, -0.25) is 9.89 Å². The Morgan fingerprint density at radius 3 is 3.13 bits per heavy atom. The van der Waals surface area contributed by atoms with E-state index in [4.69, 9.17) is 5.73 Å². The number of carbonyl (C=O) groups is 1. The van der Waals surface area contributed by atoms with E-state index in [0.29, 0.717) is 11.6 Å². The van der Waals surface area contributed by atoms with Crippen molar-refractivity contribution in [1.29, 1.82) is 0 Å². The van der Waals surface area contributed by atoms with Crippen molar-refractivity contribution in [3.8, 4) is 0 Å². The summed E-state index contributed by atoms with van der Waals surface area (Å²) in [7, 11) is 0. The third kappa shape index (κ3) is 2.02. The van der Waals surface area contributed by atoms with Crippen LogP contribution >= 0.6 is 0 Å². The number of rotatable bonds is 1. The van der Waals surface area contributed by atoms with Crippen molar-refractivity contribution in [3.63, 3.8) is 0 Å². The van der Waals surface area contributed by atoms with E-state index in [1.54, 1.807) is 12.3 Å². The van der Waals surface area contributed by atoms with Crippen molar-refractivity contribution < 1.29 is 4.79 Å². The van der Waals surface area contributed by atoms with Crippen molar-refractivity contribution in [1.82, 2.24) is 15.1 Å². The molecule has 0 radical (unpaired) electrons. The molecular formula is C10H16N4O. The number of piperidine rings is 1. The number of hydrogen-bond acceptors (Lipinski definition) is 3. The van der Waals surface area contributed by atoms with Gasteiger partial charge in [0, 0.05) is 25.3 Å². The molecule has 2 atom stereocenters. The quantitative estimate of drug-likeness (QED) is 0.693. The van der Waals surface area contributed by atoms with Crippen molar-refractivity contribution >= 4 is 5.91 Å². The molecule has 82 valence electrons. The second-order valence-corrected chi connectivity index (χ2v) is 4.15. The van der Waals surface area contributed by atoms with Crippen molar-refractivity contribution in [2.45, 2.75) is 19.4 Å². The third-order valence-corrected chi connectivity index (χ3v) is 2.99. The van der Waals surface area contributed by atoms with Gasteiger partial charge in [-0.15, -0.1) is 0 Å². The second-order valence-electron chi connectivity index (χ2n) is 4.15. The molecule has 1 aromatic rings. The highest BCUT2D eigenvalue weighted by Crippen LogP contribution is 2.16. The van der Waals surface area contributed by atoms with Gasteiger partial charge in [0.25, 0.3) is 5.91 Å². The van der Waals surface area contributed by atoms with Gasteiger partial charge in [0.05, 0.1) is 0 Å². The van der Waals surface area contributed by atoms with Crippen LogP contribution in [0.15, 0.2) is 12.3 Å². The maximum atomic E-state index is 11.9. The molecule has 2 rings (SSSR count). The number of likely N-dealkylation sites (tertiary alicyclic amines) is 1. The van der Waals surface area contributed by atoms with Gasteiger partial charge in [-0.05, 0) is 18.4 Å². The van der Waals surface area contributed by atoms with Gasteiger partial charge in [-0.2, -0.15) is 5.10 Å². The summed E-state index contributed by atoms with van der Waals surface area (Å²) in [5.74, 6) is 0.386. The predicted octanol–water partition coefficient (Wildman–Crippen LogP) is 0.219. The maximum absolute atomic E-state index is 11.9. The minimum atomic E-state index is 0.0197. The number of aromatic amines is 1. The molecular weight excluding hydrogens is 192 g/mol. The molecule has 3 N–H and O–H groups in total. The first kappa shape index (κ1) is 10.2. The standard InChI is InChI=1S/C10H16N4O/c1-7-6-14(5-3-8(7)11)10(15)9-2-4-12-13-9/h2,4,7-8H,3,5-6,11H2,1H3,(H,12,13). The Morgan fingerprint density at radius 2 is 2.53 bits per heavy atom. The van der Waals surface area contributed by atoms with Crippen LogP contribution in [-0.4, -0.2) is 40.1 Å². The van der Waals surface area contributed by atoms with Gasteiger partial charge >= 0.3 is 0 Å². The summed E-state index contributed by atoms with van der Waals surface area (Å²) in [5, 5.41) is 6.46. The lowest BCUT2D eigenvalue weighted by molar-refractivity contribution is 0.0658. The van der Waals surface area contributed by atoms with Crippen LogP contribution < -0.4 is 5.73 Å². The lowest BCUT2D eigenvalue weighted by Gasteiger charge is -2.34. The van der Waals surface area contributed by atoms with Gasteiger partial charge in [0.15, 0.2) is 0 Å². The summed E-state index contributed by atoms with van der Waals surface area (Å²) in [6.07, 6.45) is 2.47. The van der Waals surface area contributed by atoms with E-state index in [1.807, 2.05) is 4.90 Å². The Balaban J connectivity index is 2.03. The number of amides is 1. The first-order valence-electron chi connectivity index (χ1n) is 5.22. The molecule has 0 spiro atoms. The summed E-state index contributed by atoms with van der Waals surface area (Å²) in [6.45, 7) is 3.56.